The van der Waals surface area contributed by atoms with E-state index in [1.54, 1.807) is 0 Å². The number of piperidine rings is 1. The van der Waals surface area contributed by atoms with Crippen molar-refractivity contribution in [2.24, 2.45) is 0 Å². The van der Waals surface area contributed by atoms with Crippen LogP contribution in [0.15, 0.2) is 24.3 Å². The minimum Gasteiger partial charge on any atom is -0.351 e. The molecule has 1 N–H and O–H groups in total. The second kappa shape index (κ2) is 6.74. The molecular weight excluding hydrogens is 352 g/mol. The smallest absolute Gasteiger partial charge is 0.270 e. The number of carbonyl (C=O) groups is 1. The Morgan fingerprint density at radius 1 is 1.21 bits per heavy atom. The number of hydrogen-bond donors (Lipinski definition) is 1. The number of aromatic nitrogens is 4. The summed E-state index contributed by atoms with van der Waals surface area (Å²) in [5.41, 5.74) is 2.83. The van der Waals surface area contributed by atoms with Crippen molar-refractivity contribution < 1.29 is 4.79 Å². The molecule has 0 bridgehead atoms. The van der Waals surface area contributed by atoms with Crippen LogP contribution in [0.25, 0.3) is 10.9 Å². The Hall–Kier alpha value is -2.67. The molecule has 0 aliphatic carbocycles. The zero-order chi connectivity index (χ0) is 19.3. The monoisotopic (exact) mass is 378 g/mol. The van der Waals surface area contributed by atoms with Gasteiger partial charge in [-0.1, -0.05) is 12.1 Å². The van der Waals surface area contributed by atoms with Crippen LogP contribution >= 0.6 is 0 Å². The highest BCUT2D eigenvalue weighted by molar-refractivity contribution is 5.98. The SMILES string of the molecule is Cc1cccc2[nH]c(C(=O)N3CCn4c(nnc4C4CCCN(C)C4)C3)cc12. The van der Waals surface area contributed by atoms with E-state index < -0.39 is 0 Å². The van der Waals surface area contributed by atoms with Crippen LogP contribution in [-0.2, 0) is 13.1 Å². The number of fused-ring (bicyclic) bond motifs is 2. The zero-order valence-electron chi connectivity index (χ0n) is 16.5. The molecule has 1 unspecified atom stereocenters. The maximum Gasteiger partial charge on any atom is 0.270 e. The molecule has 4 heterocycles. The van der Waals surface area contributed by atoms with Crippen molar-refractivity contribution in [3.63, 3.8) is 0 Å². The van der Waals surface area contributed by atoms with Gasteiger partial charge in [0.15, 0.2) is 5.82 Å². The molecule has 1 saturated heterocycles. The van der Waals surface area contributed by atoms with E-state index in [-0.39, 0.29) is 5.91 Å². The highest BCUT2D eigenvalue weighted by atomic mass is 16.2. The number of aromatic amines is 1. The van der Waals surface area contributed by atoms with Gasteiger partial charge in [-0.15, -0.1) is 10.2 Å². The predicted octanol–water partition coefficient (Wildman–Crippen LogP) is 2.53. The van der Waals surface area contributed by atoms with E-state index in [1.807, 2.05) is 23.1 Å². The standard InChI is InChI=1S/C21H26N6O/c1-14-5-3-7-17-16(14)11-18(22-17)21(28)26-9-10-27-19(13-26)23-24-20(27)15-6-4-8-25(2)12-15/h3,5,7,11,15,22H,4,6,8-10,12-13H2,1-2H3. The first-order valence-electron chi connectivity index (χ1n) is 10.1. The van der Waals surface area contributed by atoms with Gasteiger partial charge in [0.25, 0.3) is 5.91 Å². The average Bonchev–Trinajstić information content (AvgIpc) is 3.32. The lowest BCUT2D eigenvalue weighted by molar-refractivity contribution is 0.0700. The van der Waals surface area contributed by atoms with Crippen molar-refractivity contribution in [2.75, 3.05) is 26.7 Å². The van der Waals surface area contributed by atoms with E-state index in [1.165, 1.54) is 18.4 Å². The van der Waals surface area contributed by atoms with Gasteiger partial charge < -0.3 is 19.4 Å². The minimum absolute atomic E-state index is 0.0313. The number of likely N-dealkylation sites (tertiary alicyclic amines) is 1. The molecule has 1 amide bonds. The van der Waals surface area contributed by atoms with Gasteiger partial charge in [0.1, 0.15) is 11.5 Å². The van der Waals surface area contributed by atoms with Gasteiger partial charge in [-0.25, -0.2) is 0 Å². The van der Waals surface area contributed by atoms with Gasteiger partial charge in [-0.3, -0.25) is 4.79 Å². The topological polar surface area (TPSA) is 70.0 Å². The van der Waals surface area contributed by atoms with Crippen LogP contribution < -0.4 is 0 Å². The minimum atomic E-state index is 0.0313. The zero-order valence-corrected chi connectivity index (χ0v) is 16.5. The molecule has 0 radical (unpaired) electrons. The fourth-order valence-corrected chi connectivity index (χ4v) is 4.63. The molecule has 3 aromatic rings. The summed E-state index contributed by atoms with van der Waals surface area (Å²) in [4.78, 5) is 20.6. The number of hydrogen-bond acceptors (Lipinski definition) is 4. The van der Waals surface area contributed by atoms with Crippen molar-refractivity contribution in [3.05, 3.63) is 47.2 Å². The van der Waals surface area contributed by atoms with Crippen molar-refractivity contribution in [1.29, 1.82) is 0 Å². The first-order chi connectivity index (χ1) is 13.6. The maximum absolute atomic E-state index is 13.1. The van der Waals surface area contributed by atoms with Crippen LogP contribution in [0.1, 0.15) is 46.5 Å². The second-order valence-electron chi connectivity index (χ2n) is 8.17. The second-order valence-corrected chi connectivity index (χ2v) is 8.17. The normalized spacial score (nSPS) is 20.5. The molecule has 1 fully saturated rings. The van der Waals surface area contributed by atoms with Crippen LogP contribution in [0.3, 0.4) is 0 Å². The number of nitrogens with zero attached hydrogens (tertiary/aromatic N) is 5. The largest absolute Gasteiger partial charge is 0.351 e. The summed E-state index contributed by atoms with van der Waals surface area (Å²) in [6, 6.07) is 8.06. The molecule has 2 aliphatic rings. The van der Waals surface area contributed by atoms with Crippen LogP contribution in [0.4, 0.5) is 0 Å². The molecule has 28 heavy (non-hydrogen) atoms. The van der Waals surface area contributed by atoms with Gasteiger partial charge in [0.2, 0.25) is 0 Å². The van der Waals surface area contributed by atoms with Crippen LogP contribution in [0.5, 0.6) is 0 Å². The Kier molecular flexibility index (Phi) is 4.19. The van der Waals surface area contributed by atoms with Crippen molar-refractivity contribution in [1.82, 2.24) is 29.5 Å². The van der Waals surface area contributed by atoms with Crippen LogP contribution in [0.2, 0.25) is 0 Å². The summed E-state index contributed by atoms with van der Waals surface area (Å²) in [5.74, 6) is 2.47. The summed E-state index contributed by atoms with van der Waals surface area (Å²) >= 11 is 0. The molecule has 7 heteroatoms. The molecule has 0 saturated carbocycles. The Morgan fingerprint density at radius 3 is 2.93 bits per heavy atom. The number of benzene rings is 1. The Bertz CT molecular complexity index is 1030. The number of nitrogens with one attached hydrogen (secondary N) is 1. The lowest BCUT2D eigenvalue weighted by Gasteiger charge is -2.31. The first kappa shape index (κ1) is 17.4. The Labute approximate surface area is 164 Å². The molecule has 7 nitrogen and oxygen atoms in total. The van der Waals surface area contributed by atoms with Crippen molar-refractivity contribution >= 4 is 16.8 Å². The van der Waals surface area contributed by atoms with Gasteiger partial charge in [-0.05, 0) is 51.1 Å². The van der Waals surface area contributed by atoms with Gasteiger partial charge in [0.05, 0.1) is 6.54 Å². The Balaban J connectivity index is 1.37. The van der Waals surface area contributed by atoms with E-state index in [4.69, 9.17) is 0 Å². The summed E-state index contributed by atoms with van der Waals surface area (Å²) in [7, 11) is 2.17. The number of likely N-dealkylation sites (N-methyl/N-ethyl adjacent to an activating group) is 1. The molecule has 0 spiro atoms. The van der Waals surface area contributed by atoms with Crippen LogP contribution in [0, 0.1) is 6.92 Å². The number of carbonyl (C=O) groups excluding carboxylic acids is 1. The summed E-state index contributed by atoms with van der Waals surface area (Å²) in [5, 5.41) is 10.0. The lowest BCUT2D eigenvalue weighted by Crippen LogP contribution is -2.39. The van der Waals surface area contributed by atoms with E-state index in [2.05, 4.69) is 44.7 Å². The van der Waals surface area contributed by atoms with Gasteiger partial charge in [-0.2, -0.15) is 0 Å². The Morgan fingerprint density at radius 2 is 2.11 bits per heavy atom. The van der Waals surface area contributed by atoms with Gasteiger partial charge in [0, 0.05) is 36.5 Å². The number of H-pyrrole nitrogens is 1. The average molecular weight is 378 g/mol. The molecule has 1 atom stereocenters. The van der Waals surface area contributed by atoms with E-state index in [0.29, 0.717) is 24.7 Å². The molecule has 2 aliphatic heterocycles. The molecule has 1 aromatic carbocycles. The summed E-state index contributed by atoms with van der Waals surface area (Å²) in [6.07, 6.45) is 2.37. The third kappa shape index (κ3) is 2.90. The van der Waals surface area contributed by atoms with E-state index >= 15 is 0 Å². The fourth-order valence-electron chi connectivity index (χ4n) is 4.63. The number of aryl methyl sites for hydroxylation is 1. The van der Waals surface area contributed by atoms with Crippen molar-refractivity contribution in [2.45, 2.75) is 38.8 Å². The third-order valence-electron chi connectivity index (χ3n) is 6.17. The number of rotatable bonds is 2. The van der Waals surface area contributed by atoms with Gasteiger partial charge >= 0.3 is 0 Å². The third-order valence-corrected chi connectivity index (χ3v) is 6.17. The van der Waals surface area contributed by atoms with E-state index in [9.17, 15) is 4.79 Å². The van der Waals surface area contributed by atoms with E-state index in [0.717, 1.165) is 42.2 Å². The first-order valence-corrected chi connectivity index (χ1v) is 10.1. The lowest BCUT2D eigenvalue weighted by atomic mass is 9.97. The molecule has 146 valence electrons. The highest BCUT2D eigenvalue weighted by Crippen LogP contribution is 2.27. The summed E-state index contributed by atoms with van der Waals surface area (Å²) in [6.45, 7) is 6.23. The molecule has 5 rings (SSSR count). The maximum atomic E-state index is 13.1. The van der Waals surface area contributed by atoms with Crippen molar-refractivity contribution in [3.8, 4) is 0 Å². The molecular formula is C21H26N6O. The highest BCUT2D eigenvalue weighted by Gasteiger charge is 2.30. The quantitative estimate of drug-likeness (QED) is 0.744. The summed E-state index contributed by atoms with van der Waals surface area (Å²) < 4.78 is 2.24. The number of amides is 1. The predicted molar refractivity (Wildman–Crippen MR) is 107 cm³/mol. The van der Waals surface area contributed by atoms with Crippen LogP contribution in [-0.4, -0.2) is 62.1 Å². The fraction of sp³-hybridized carbons (Fsp3) is 0.476. The molecule has 2 aromatic heterocycles.